The molecular weight excluding hydrogens is 240 g/mol. The van der Waals surface area contributed by atoms with Crippen molar-refractivity contribution in [1.29, 1.82) is 0 Å². The van der Waals surface area contributed by atoms with Gasteiger partial charge in [0.15, 0.2) is 11.6 Å². The molecule has 0 aliphatic heterocycles. The van der Waals surface area contributed by atoms with Crippen molar-refractivity contribution in [3.63, 3.8) is 0 Å². The maximum atomic E-state index is 13.4. The van der Waals surface area contributed by atoms with Crippen LogP contribution in [0.25, 0.3) is 0 Å². The summed E-state index contributed by atoms with van der Waals surface area (Å²) in [6, 6.07) is 4.76. The van der Waals surface area contributed by atoms with Crippen molar-refractivity contribution in [2.24, 2.45) is 0 Å². The fraction of sp³-hybridized carbons (Fsp3) is 0.538. The van der Waals surface area contributed by atoms with Crippen LogP contribution in [-0.4, -0.2) is 17.5 Å². The smallest absolute Gasteiger partial charge is 0.163 e. The molecule has 1 saturated carbocycles. The Balaban J connectivity index is 1.95. The topological polar surface area (TPSA) is 12.0 Å². The summed E-state index contributed by atoms with van der Waals surface area (Å²) in [6.07, 6.45) is 5.66. The zero-order valence-corrected chi connectivity index (χ0v) is 10.7. The number of hydrogen-bond donors (Lipinski definition) is 1. The Hall–Kier alpha value is -0.610. The van der Waals surface area contributed by atoms with Crippen molar-refractivity contribution in [3.8, 4) is 0 Å². The Morgan fingerprint density at radius 3 is 2.94 bits per heavy atom. The molecule has 1 fully saturated rings. The average Bonchev–Trinajstić information content (AvgIpc) is 2.78. The van der Waals surface area contributed by atoms with Gasteiger partial charge in [0.2, 0.25) is 0 Å². The molecule has 0 radical (unpaired) electrons. The highest BCUT2D eigenvalue weighted by molar-refractivity contribution is 7.99. The van der Waals surface area contributed by atoms with Gasteiger partial charge in [0.05, 0.1) is 0 Å². The fourth-order valence-electron chi connectivity index (χ4n) is 2.37. The quantitative estimate of drug-likeness (QED) is 0.888. The third-order valence-corrected chi connectivity index (χ3v) is 4.51. The van der Waals surface area contributed by atoms with E-state index in [4.69, 9.17) is 0 Å². The molecule has 0 saturated heterocycles. The van der Waals surface area contributed by atoms with Crippen LogP contribution in [0, 0.1) is 11.6 Å². The maximum absolute atomic E-state index is 13.4. The summed E-state index contributed by atoms with van der Waals surface area (Å²) in [6.45, 7) is 0.408. The SMILES string of the molecule is CSC1CCCC1NCc1cccc(F)c1F. The molecule has 1 aliphatic carbocycles. The third kappa shape index (κ3) is 2.99. The molecule has 0 heterocycles. The second-order valence-corrected chi connectivity index (χ2v) is 5.48. The molecule has 0 bridgehead atoms. The highest BCUT2D eigenvalue weighted by Crippen LogP contribution is 2.28. The van der Waals surface area contributed by atoms with Crippen LogP contribution >= 0.6 is 11.8 Å². The Morgan fingerprint density at radius 2 is 2.18 bits per heavy atom. The van der Waals surface area contributed by atoms with Crippen molar-refractivity contribution in [2.75, 3.05) is 6.26 Å². The predicted molar refractivity (Wildman–Crippen MR) is 68.1 cm³/mol. The van der Waals surface area contributed by atoms with Gasteiger partial charge < -0.3 is 5.32 Å². The minimum Gasteiger partial charge on any atom is -0.309 e. The van der Waals surface area contributed by atoms with E-state index in [0.29, 0.717) is 23.4 Å². The summed E-state index contributed by atoms with van der Waals surface area (Å²) in [7, 11) is 0. The predicted octanol–water partition coefficient (Wildman–Crippen LogP) is 3.34. The van der Waals surface area contributed by atoms with Crippen molar-refractivity contribution < 1.29 is 8.78 Å². The number of rotatable bonds is 4. The minimum absolute atomic E-state index is 0.408. The minimum atomic E-state index is -0.767. The third-order valence-electron chi connectivity index (χ3n) is 3.34. The second kappa shape index (κ2) is 5.83. The van der Waals surface area contributed by atoms with Crippen LogP contribution in [-0.2, 0) is 6.54 Å². The normalized spacial score (nSPS) is 24.2. The Kier molecular flexibility index (Phi) is 4.40. The summed E-state index contributed by atoms with van der Waals surface area (Å²) in [4.78, 5) is 0. The van der Waals surface area contributed by atoms with Crippen molar-refractivity contribution in [2.45, 2.75) is 37.1 Å². The van der Waals surface area contributed by atoms with Gasteiger partial charge >= 0.3 is 0 Å². The van der Waals surface area contributed by atoms with Crippen LogP contribution in [0.4, 0.5) is 8.78 Å². The van der Waals surface area contributed by atoms with E-state index < -0.39 is 11.6 Å². The number of nitrogens with one attached hydrogen (secondary N) is 1. The van der Waals surface area contributed by atoms with E-state index in [2.05, 4.69) is 11.6 Å². The van der Waals surface area contributed by atoms with Gasteiger partial charge in [-0.3, -0.25) is 0 Å². The fourth-order valence-corrected chi connectivity index (χ4v) is 3.33. The first-order valence-electron chi connectivity index (χ1n) is 5.91. The van der Waals surface area contributed by atoms with Gasteiger partial charge in [-0.1, -0.05) is 18.6 Å². The summed E-state index contributed by atoms with van der Waals surface area (Å²) in [5.74, 6) is -1.49. The van der Waals surface area contributed by atoms with Gasteiger partial charge in [0, 0.05) is 23.4 Å². The molecule has 17 heavy (non-hydrogen) atoms. The molecule has 4 heteroatoms. The maximum Gasteiger partial charge on any atom is 0.163 e. The summed E-state index contributed by atoms with van der Waals surface area (Å²) >= 11 is 1.85. The molecule has 2 atom stereocenters. The van der Waals surface area contributed by atoms with Crippen LogP contribution in [0.5, 0.6) is 0 Å². The van der Waals surface area contributed by atoms with Crippen LogP contribution in [0.1, 0.15) is 24.8 Å². The zero-order valence-electron chi connectivity index (χ0n) is 9.88. The van der Waals surface area contributed by atoms with Gasteiger partial charge in [0.1, 0.15) is 0 Å². The van der Waals surface area contributed by atoms with E-state index in [0.717, 1.165) is 12.5 Å². The first-order valence-corrected chi connectivity index (χ1v) is 7.20. The Morgan fingerprint density at radius 1 is 1.35 bits per heavy atom. The molecule has 0 aromatic heterocycles. The van der Waals surface area contributed by atoms with E-state index in [1.807, 2.05) is 11.8 Å². The standard InChI is InChI=1S/C13H17F2NS/c1-17-12-7-3-6-11(12)16-8-9-4-2-5-10(14)13(9)15/h2,4-5,11-12,16H,3,6-8H2,1H3. The summed E-state index contributed by atoms with van der Waals surface area (Å²) < 4.78 is 26.5. The Labute approximate surface area is 105 Å². The van der Waals surface area contributed by atoms with Gasteiger partial charge in [-0.15, -0.1) is 0 Å². The van der Waals surface area contributed by atoms with Crippen molar-refractivity contribution >= 4 is 11.8 Å². The molecule has 1 aromatic rings. The van der Waals surface area contributed by atoms with Crippen LogP contribution in [0.2, 0.25) is 0 Å². The number of benzene rings is 1. The first kappa shape index (κ1) is 12.8. The van der Waals surface area contributed by atoms with Gasteiger partial charge in [-0.2, -0.15) is 11.8 Å². The van der Waals surface area contributed by atoms with Crippen LogP contribution in [0.3, 0.4) is 0 Å². The molecule has 1 nitrogen and oxygen atoms in total. The lowest BCUT2D eigenvalue weighted by molar-refractivity contribution is 0.477. The molecule has 1 aromatic carbocycles. The second-order valence-electron chi connectivity index (χ2n) is 4.41. The highest BCUT2D eigenvalue weighted by Gasteiger charge is 2.26. The van der Waals surface area contributed by atoms with Gasteiger partial charge in [-0.25, -0.2) is 8.78 Å². The van der Waals surface area contributed by atoms with E-state index in [9.17, 15) is 8.78 Å². The van der Waals surface area contributed by atoms with Crippen LogP contribution in [0.15, 0.2) is 18.2 Å². The summed E-state index contributed by atoms with van der Waals surface area (Å²) in [5.41, 5.74) is 0.414. The molecule has 1 aliphatic rings. The number of hydrogen-bond acceptors (Lipinski definition) is 2. The molecule has 0 amide bonds. The van der Waals surface area contributed by atoms with Gasteiger partial charge in [0.25, 0.3) is 0 Å². The van der Waals surface area contributed by atoms with Crippen molar-refractivity contribution in [3.05, 3.63) is 35.4 Å². The number of halogens is 2. The molecule has 0 spiro atoms. The monoisotopic (exact) mass is 257 g/mol. The number of thioether (sulfide) groups is 1. The van der Waals surface area contributed by atoms with Crippen molar-refractivity contribution in [1.82, 2.24) is 5.32 Å². The van der Waals surface area contributed by atoms with Gasteiger partial charge in [-0.05, 0) is 25.2 Å². The zero-order chi connectivity index (χ0) is 12.3. The average molecular weight is 257 g/mol. The molecule has 2 unspecified atom stereocenters. The summed E-state index contributed by atoms with van der Waals surface area (Å²) in [5, 5.41) is 3.94. The van der Waals surface area contributed by atoms with E-state index in [-0.39, 0.29) is 0 Å². The Bertz CT molecular complexity index is 384. The van der Waals surface area contributed by atoms with E-state index >= 15 is 0 Å². The highest BCUT2D eigenvalue weighted by atomic mass is 32.2. The first-order chi connectivity index (χ1) is 8.22. The largest absolute Gasteiger partial charge is 0.309 e. The molecule has 94 valence electrons. The molecular formula is C13H17F2NS. The lowest BCUT2D eigenvalue weighted by Crippen LogP contribution is -2.33. The lowest BCUT2D eigenvalue weighted by Gasteiger charge is -2.19. The lowest BCUT2D eigenvalue weighted by atomic mass is 10.1. The van der Waals surface area contributed by atoms with E-state index in [1.165, 1.54) is 12.8 Å². The molecule has 2 rings (SSSR count). The van der Waals surface area contributed by atoms with Crippen LogP contribution < -0.4 is 5.32 Å². The molecule has 1 N–H and O–H groups in total. The van der Waals surface area contributed by atoms with E-state index in [1.54, 1.807) is 12.1 Å².